The summed E-state index contributed by atoms with van der Waals surface area (Å²) in [5, 5.41) is 14.8. The number of nitrogens with zero attached hydrogens (tertiary/aromatic N) is 3. The monoisotopic (exact) mass is 531 g/mol. The smallest absolute Gasteiger partial charge is 0.251 e. The minimum atomic E-state index is -0.370. The molecule has 196 valence electrons. The van der Waals surface area contributed by atoms with Gasteiger partial charge in [0, 0.05) is 16.9 Å². The van der Waals surface area contributed by atoms with Crippen LogP contribution in [0.15, 0.2) is 78.0 Å². The van der Waals surface area contributed by atoms with Gasteiger partial charge in [-0.15, -0.1) is 10.2 Å². The predicted octanol–water partition coefficient (Wildman–Crippen LogP) is 5.67. The first-order valence-electron chi connectivity index (χ1n) is 12.2. The zero-order chi connectivity index (χ0) is 27.3. The zero-order valence-corrected chi connectivity index (χ0v) is 22.6. The molecule has 0 aliphatic rings. The number of halogens is 1. The van der Waals surface area contributed by atoms with E-state index in [-0.39, 0.29) is 35.3 Å². The number of hydrogen-bond acceptors (Lipinski definition) is 5. The predicted molar refractivity (Wildman–Crippen MR) is 148 cm³/mol. The zero-order valence-electron chi connectivity index (χ0n) is 21.8. The Balaban J connectivity index is 1.48. The molecular formula is C29H30FN5O2S. The molecule has 9 heteroatoms. The molecule has 2 N–H and O–H groups in total. The van der Waals surface area contributed by atoms with Crippen molar-refractivity contribution < 1.29 is 14.0 Å². The van der Waals surface area contributed by atoms with Crippen LogP contribution in [0, 0.1) is 12.7 Å². The van der Waals surface area contributed by atoms with E-state index in [4.69, 9.17) is 0 Å². The van der Waals surface area contributed by atoms with Gasteiger partial charge in [-0.2, -0.15) is 0 Å². The highest BCUT2D eigenvalue weighted by Gasteiger charge is 2.18. The fourth-order valence-electron chi connectivity index (χ4n) is 3.78. The Morgan fingerprint density at radius 1 is 0.974 bits per heavy atom. The van der Waals surface area contributed by atoms with Crippen LogP contribution in [0.4, 0.5) is 10.1 Å². The van der Waals surface area contributed by atoms with Crippen molar-refractivity contribution in [3.8, 4) is 5.69 Å². The summed E-state index contributed by atoms with van der Waals surface area (Å²) in [5.41, 5.74) is 4.11. The van der Waals surface area contributed by atoms with Crippen molar-refractivity contribution in [2.75, 3.05) is 11.1 Å². The summed E-state index contributed by atoms with van der Waals surface area (Å²) in [7, 11) is 0. The van der Waals surface area contributed by atoms with E-state index >= 15 is 0 Å². The van der Waals surface area contributed by atoms with Crippen LogP contribution < -0.4 is 10.6 Å². The lowest BCUT2D eigenvalue weighted by atomic mass is 9.87. The molecule has 0 atom stereocenters. The average molecular weight is 532 g/mol. The lowest BCUT2D eigenvalue weighted by molar-refractivity contribution is -0.113. The second-order valence-electron chi connectivity index (χ2n) is 9.93. The molecule has 2 amide bonds. The maximum Gasteiger partial charge on any atom is 0.251 e. The lowest BCUT2D eigenvalue weighted by Crippen LogP contribution is -2.25. The van der Waals surface area contributed by atoms with E-state index in [0.29, 0.717) is 22.2 Å². The van der Waals surface area contributed by atoms with Gasteiger partial charge in [0.25, 0.3) is 5.91 Å². The molecule has 0 bridgehead atoms. The number of anilines is 1. The van der Waals surface area contributed by atoms with Gasteiger partial charge in [0.1, 0.15) is 5.82 Å². The minimum Gasteiger partial charge on any atom is -0.345 e. The number of benzene rings is 3. The van der Waals surface area contributed by atoms with Crippen molar-refractivity contribution >= 4 is 29.3 Å². The Hall–Kier alpha value is -3.98. The molecule has 0 aliphatic heterocycles. The normalized spacial score (nSPS) is 11.3. The Bertz CT molecular complexity index is 1430. The van der Waals surface area contributed by atoms with E-state index in [1.54, 1.807) is 0 Å². The SMILES string of the molecule is Cc1cccc(-n2c(CNC(=O)c3ccc(C(C)(C)C)cc3)nnc2SCC(=O)Nc2ccc(F)cc2)c1. The van der Waals surface area contributed by atoms with E-state index in [2.05, 4.69) is 41.6 Å². The van der Waals surface area contributed by atoms with Crippen molar-refractivity contribution in [3.63, 3.8) is 0 Å². The first-order valence-corrected chi connectivity index (χ1v) is 13.2. The number of carbonyl (C=O) groups is 2. The Morgan fingerprint density at radius 3 is 2.34 bits per heavy atom. The molecule has 7 nitrogen and oxygen atoms in total. The summed E-state index contributed by atoms with van der Waals surface area (Å²) in [6.07, 6.45) is 0. The molecule has 0 aliphatic carbocycles. The molecule has 4 aromatic rings. The van der Waals surface area contributed by atoms with E-state index in [0.717, 1.165) is 16.8 Å². The molecule has 1 aromatic heterocycles. The van der Waals surface area contributed by atoms with E-state index in [1.807, 2.05) is 60.0 Å². The number of aromatic nitrogens is 3. The first-order chi connectivity index (χ1) is 18.1. The van der Waals surface area contributed by atoms with Crippen LogP contribution in [0.5, 0.6) is 0 Å². The van der Waals surface area contributed by atoms with Crippen molar-refractivity contribution in [1.29, 1.82) is 0 Å². The van der Waals surface area contributed by atoms with Crippen LogP contribution in [-0.2, 0) is 16.8 Å². The number of aryl methyl sites for hydroxylation is 1. The van der Waals surface area contributed by atoms with Crippen LogP contribution in [0.3, 0.4) is 0 Å². The highest BCUT2D eigenvalue weighted by atomic mass is 32.2. The van der Waals surface area contributed by atoms with Gasteiger partial charge in [0.05, 0.1) is 12.3 Å². The number of carbonyl (C=O) groups excluding carboxylic acids is 2. The second kappa shape index (κ2) is 11.6. The number of nitrogens with one attached hydrogen (secondary N) is 2. The third-order valence-corrected chi connectivity index (χ3v) is 6.77. The van der Waals surface area contributed by atoms with Crippen molar-refractivity contribution in [3.05, 3.63) is 101 Å². The van der Waals surface area contributed by atoms with Crippen LogP contribution in [0.1, 0.15) is 48.1 Å². The summed E-state index contributed by atoms with van der Waals surface area (Å²) in [5.74, 6) is -0.221. The number of hydrogen-bond donors (Lipinski definition) is 2. The molecule has 0 saturated heterocycles. The van der Waals surface area contributed by atoms with Gasteiger partial charge in [-0.25, -0.2) is 4.39 Å². The first kappa shape index (κ1) is 27.1. The molecule has 1 heterocycles. The van der Waals surface area contributed by atoms with Gasteiger partial charge in [0.2, 0.25) is 5.91 Å². The van der Waals surface area contributed by atoms with E-state index in [9.17, 15) is 14.0 Å². The third kappa shape index (κ3) is 6.86. The van der Waals surface area contributed by atoms with Crippen molar-refractivity contribution in [2.24, 2.45) is 0 Å². The lowest BCUT2D eigenvalue weighted by Gasteiger charge is -2.19. The van der Waals surface area contributed by atoms with Crippen molar-refractivity contribution in [1.82, 2.24) is 20.1 Å². The standard InChI is InChI=1S/C29H30FN5O2S/c1-19-6-5-7-24(16-19)35-25(17-31-27(37)20-8-10-21(11-9-20)29(2,3)4)33-34-28(35)38-18-26(36)32-23-14-12-22(30)13-15-23/h5-16H,17-18H2,1-4H3,(H,31,37)(H,32,36). The Morgan fingerprint density at radius 2 is 1.68 bits per heavy atom. The maximum atomic E-state index is 13.1. The average Bonchev–Trinajstić information content (AvgIpc) is 3.30. The maximum absolute atomic E-state index is 13.1. The molecule has 0 spiro atoms. The van der Waals surface area contributed by atoms with Gasteiger partial charge >= 0.3 is 0 Å². The molecular weight excluding hydrogens is 501 g/mol. The van der Waals surface area contributed by atoms with Gasteiger partial charge in [-0.1, -0.05) is 56.8 Å². The molecule has 0 saturated carbocycles. The molecule has 38 heavy (non-hydrogen) atoms. The molecule has 4 rings (SSSR count). The van der Waals surface area contributed by atoms with Crippen LogP contribution in [0.25, 0.3) is 5.69 Å². The summed E-state index contributed by atoms with van der Waals surface area (Å²) in [6.45, 7) is 8.52. The van der Waals surface area contributed by atoms with E-state index < -0.39 is 0 Å². The Kier molecular flexibility index (Phi) is 8.26. The summed E-state index contributed by atoms with van der Waals surface area (Å²) < 4.78 is 15.0. The fraction of sp³-hybridized carbons (Fsp3) is 0.241. The largest absolute Gasteiger partial charge is 0.345 e. The highest BCUT2D eigenvalue weighted by molar-refractivity contribution is 7.99. The molecule has 0 radical (unpaired) electrons. The molecule has 0 unspecified atom stereocenters. The third-order valence-electron chi connectivity index (χ3n) is 5.84. The minimum absolute atomic E-state index is 0.00320. The summed E-state index contributed by atoms with van der Waals surface area (Å²) in [4.78, 5) is 25.3. The fourth-order valence-corrected chi connectivity index (χ4v) is 4.55. The number of rotatable bonds is 8. The topological polar surface area (TPSA) is 88.9 Å². The summed E-state index contributed by atoms with van der Waals surface area (Å²) in [6, 6.07) is 21.0. The van der Waals surface area contributed by atoms with Gasteiger partial charge in [-0.05, 0) is 72.0 Å². The molecule has 0 fully saturated rings. The van der Waals surface area contributed by atoms with Crippen molar-refractivity contribution in [2.45, 2.75) is 44.8 Å². The Labute approximate surface area is 225 Å². The number of amides is 2. The van der Waals surface area contributed by atoms with E-state index in [1.165, 1.54) is 36.0 Å². The highest BCUT2D eigenvalue weighted by Crippen LogP contribution is 2.24. The van der Waals surface area contributed by atoms with Gasteiger partial charge in [-0.3, -0.25) is 14.2 Å². The summed E-state index contributed by atoms with van der Waals surface area (Å²) >= 11 is 1.22. The quantitative estimate of drug-likeness (QED) is 0.286. The second-order valence-corrected chi connectivity index (χ2v) is 10.9. The van der Waals surface area contributed by atoms with Gasteiger partial charge in [0.15, 0.2) is 11.0 Å². The number of thioether (sulfide) groups is 1. The van der Waals surface area contributed by atoms with Crippen LogP contribution >= 0.6 is 11.8 Å². The van der Waals surface area contributed by atoms with Crippen LogP contribution in [-0.4, -0.2) is 32.3 Å². The van der Waals surface area contributed by atoms with Crippen LogP contribution in [0.2, 0.25) is 0 Å². The van der Waals surface area contributed by atoms with Gasteiger partial charge < -0.3 is 10.6 Å². The molecule has 3 aromatic carbocycles.